The summed E-state index contributed by atoms with van der Waals surface area (Å²) < 4.78 is 5.77. The molecule has 3 aliphatic carbocycles. The van der Waals surface area contributed by atoms with Crippen LogP contribution < -0.4 is 5.32 Å². The Bertz CT molecular complexity index is 1020. The highest BCUT2D eigenvalue weighted by Crippen LogP contribution is 2.61. The number of benzene rings is 1. The molecule has 1 aromatic heterocycles. The number of aliphatic imine (C=N–C) groups is 1. The molecule has 2 heterocycles. The van der Waals surface area contributed by atoms with Crippen molar-refractivity contribution in [1.29, 1.82) is 0 Å². The first-order chi connectivity index (χ1) is 14.3. The zero-order valence-corrected chi connectivity index (χ0v) is 18.8. The molecule has 1 amide bonds. The average Bonchev–Trinajstić information content (AvgIpc) is 3.30. The molecule has 2 bridgehead atoms. The normalized spacial score (nSPS) is 33.4. The maximum atomic E-state index is 12.5. The fourth-order valence-corrected chi connectivity index (χ4v) is 6.52. The molecule has 1 aliphatic heterocycles. The molecule has 1 saturated heterocycles. The number of carbonyl (C=O) groups excluding carboxylic acids is 1. The summed E-state index contributed by atoms with van der Waals surface area (Å²) in [6.45, 7) is 7.08. The smallest absolute Gasteiger partial charge is 0.249 e. The maximum Gasteiger partial charge on any atom is 0.249 e. The highest BCUT2D eigenvalue weighted by atomic mass is 35.5. The number of halogens is 1. The van der Waals surface area contributed by atoms with Gasteiger partial charge in [0, 0.05) is 6.42 Å². The van der Waals surface area contributed by atoms with Gasteiger partial charge in [-0.05, 0) is 48.1 Å². The van der Waals surface area contributed by atoms with Crippen LogP contribution in [0.1, 0.15) is 39.5 Å². The molecule has 6 nitrogen and oxygen atoms in total. The highest BCUT2D eigenvalue weighted by Gasteiger charge is 2.56. The van der Waals surface area contributed by atoms with Crippen LogP contribution in [-0.2, 0) is 11.2 Å². The molecular weight excluding hydrogens is 420 g/mol. The van der Waals surface area contributed by atoms with Crippen molar-refractivity contribution in [2.45, 2.75) is 51.3 Å². The molecule has 0 radical (unpaired) electrons. The van der Waals surface area contributed by atoms with Crippen molar-refractivity contribution in [3.63, 3.8) is 0 Å². The van der Waals surface area contributed by atoms with Gasteiger partial charge in [0.25, 0.3) is 0 Å². The third-order valence-corrected chi connectivity index (χ3v) is 8.73. The van der Waals surface area contributed by atoms with Crippen LogP contribution in [0.3, 0.4) is 0 Å². The number of hydrogen-bond acceptors (Lipinski definition) is 6. The fraction of sp³-hybridized carbons (Fsp3) is 0.545. The first-order valence-corrected chi connectivity index (χ1v) is 11.7. The van der Waals surface area contributed by atoms with Gasteiger partial charge in [-0.25, -0.2) is 0 Å². The lowest BCUT2D eigenvalue weighted by Crippen LogP contribution is -2.56. The summed E-state index contributed by atoms with van der Waals surface area (Å²) in [6, 6.07) is 7.62. The van der Waals surface area contributed by atoms with E-state index in [-0.39, 0.29) is 11.2 Å². The van der Waals surface area contributed by atoms with E-state index in [0.717, 1.165) is 23.4 Å². The first kappa shape index (κ1) is 20.1. The van der Waals surface area contributed by atoms with Crippen LogP contribution in [0.25, 0.3) is 11.5 Å². The lowest BCUT2D eigenvalue weighted by atomic mass is 9.45. The second-order valence-corrected chi connectivity index (χ2v) is 10.8. The Morgan fingerprint density at radius 1 is 1.30 bits per heavy atom. The SMILES string of the molecule is C[C@@H]1[C@@H](N=C2NC(=O)C(Cc3nnc(-c4ccccc4Cl)o3)S2)C[C@H]2C[C@@H]1C2(C)C. The van der Waals surface area contributed by atoms with Gasteiger partial charge in [-0.15, -0.1) is 10.2 Å². The van der Waals surface area contributed by atoms with E-state index in [1.165, 1.54) is 18.2 Å². The number of carbonyl (C=O) groups is 1. The van der Waals surface area contributed by atoms with Crippen molar-refractivity contribution >= 4 is 34.4 Å². The van der Waals surface area contributed by atoms with E-state index in [1.54, 1.807) is 6.07 Å². The Labute approximate surface area is 185 Å². The zero-order chi connectivity index (χ0) is 21.0. The van der Waals surface area contributed by atoms with Crippen LogP contribution in [0.4, 0.5) is 0 Å². The number of amides is 1. The van der Waals surface area contributed by atoms with Gasteiger partial charge in [0.05, 0.1) is 16.6 Å². The highest BCUT2D eigenvalue weighted by molar-refractivity contribution is 8.15. The third-order valence-electron chi connectivity index (χ3n) is 7.30. The van der Waals surface area contributed by atoms with Gasteiger partial charge in [-0.1, -0.05) is 56.3 Å². The number of hydrogen-bond donors (Lipinski definition) is 1. The summed E-state index contributed by atoms with van der Waals surface area (Å²) >= 11 is 7.67. The van der Waals surface area contributed by atoms with Crippen LogP contribution in [0.5, 0.6) is 0 Å². The Morgan fingerprint density at radius 3 is 2.83 bits per heavy atom. The Hall–Kier alpha value is -1.86. The number of aromatic nitrogens is 2. The number of thioether (sulfide) groups is 1. The van der Waals surface area contributed by atoms with Crippen LogP contribution in [-0.4, -0.2) is 32.6 Å². The minimum absolute atomic E-state index is 0.0507. The number of amidine groups is 1. The van der Waals surface area contributed by atoms with Crippen LogP contribution in [0.2, 0.25) is 5.02 Å². The van der Waals surface area contributed by atoms with Crippen molar-refractivity contribution in [2.75, 3.05) is 0 Å². The molecule has 4 aliphatic rings. The van der Waals surface area contributed by atoms with Crippen molar-refractivity contribution in [2.24, 2.45) is 28.2 Å². The van der Waals surface area contributed by atoms with E-state index in [4.69, 9.17) is 21.0 Å². The number of nitrogens with one attached hydrogen (secondary N) is 1. The summed E-state index contributed by atoms with van der Waals surface area (Å²) in [5.74, 6) is 2.75. The van der Waals surface area contributed by atoms with E-state index in [9.17, 15) is 4.79 Å². The molecule has 1 N–H and O–H groups in total. The molecule has 1 unspecified atom stereocenters. The second kappa shape index (κ2) is 7.38. The maximum absolute atomic E-state index is 12.5. The van der Waals surface area contributed by atoms with Crippen LogP contribution in [0.15, 0.2) is 33.7 Å². The number of nitrogens with zero attached hydrogens (tertiary/aromatic N) is 3. The van der Waals surface area contributed by atoms with Gasteiger partial charge in [0.2, 0.25) is 17.7 Å². The van der Waals surface area contributed by atoms with Gasteiger partial charge < -0.3 is 9.73 Å². The van der Waals surface area contributed by atoms with Crippen molar-refractivity contribution in [3.8, 4) is 11.5 Å². The summed E-state index contributed by atoms with van der Waals surface area (Å²) in [7, 11) is 0. The van der Waals surface area contributed by atoms with Crippen LogP contribution in [0, 0.1) is 23.2 Å². The monoisotopic (exact) mass is 444 g/mol. The predicted octanol–water partition coefficient (Wildman–Crippen LogP) is 4.59. The van der Waals surface area contributed by atoms with E-state index in [1.807, 2.05) is 18.2 Å². The summed E-state index contributed by atoms with van der Waals surface area (Å²) in [5.41, 5.74) is 1.12. The molecule has 1 aromatic carbocycles. The average molecular weight is 445 g/mol. The molecule has 158 valence electrons. The third kappa shape index (κ3) is 3.36. The largest absolute Gasteiger partial charge is 0.421 e. The van der Waals surface area contributed by atoms with Gasteiger partial charge in [0.15, 0.2) is 5.17 Å². The Morgan fingerprint density at radius 2 is 2.10 bits per heavy atom. The van der Waals surface area contributed by atoms with Crippen molar-refractivity contribution in [3.05, 3.63) is 35.2 Å². The van der Waals surface area contributed by atoms with E-state index < -0.39 is 0 Å². The quantitative estimate of drug-likeness (QED) is 0.745. The molecule has 4 fully saturated rings. The molecular formula is C22H25ClN4O2S. The molecule has 2 aromatic rings. The van der Waals surface area contributed by atoms with Gasteiger partial charge in [-0.2, -0.15) is 0 Å². The molecule has 0 spiro atoms. The molecule has 5 atom stereocenters. The molecule has 3 saturated carbocycles. The van der Waals surface area contributed by atoms with Gasteiger partial charge in [-0.3, -0.25) is 9.79 Å². The Kier molecular flexibility index (Phi) is 4.93. The van der Waals surface area contributed by atoms with E-state index in [0.29, 0.717) is 46.2 Å². The standard InChI is InChI=1S/C22H25ClN4O2S/c1-11-14-8-12(22(14,2)3)9-16(11)24-21-25-19(28)17(30-21)10-18-26-27-20(29-18)13-6-4-5-7-15(13)23/h4-7,11-12,14,16-17H,8-10H2,1-3H3,(H,24,25,28)/t11-,12+,14-,16-,17?/m0/s1. The number of fused-ring (bicyclic) bond motifs is 2. The zero-order valence-electron chi connectivity index (χ0n) is 17.3. The van der Waals surface area contributed by atoms with Crippen molar-refractivity contribution in [1.82, 2.24) is 15.5 Å². The predicted molar refractivity (Wildman–Crippen MR) is 118 cm³/mol. The number of rotatable bonds is 4. The minimum Gasteiger partial charge on any atom is -0.421 e. The van der Waals surface area contributed by atoms with Gasteiger partial charge >= 0.3 is 0 Å². The van der Waals surface area contributed by atoms with Gasteiger partial charge in [0.1, 0.15) is 5.25 Å². The first-order valence-electron chi connectivity index (χ1n) is 10.5. The summed E-state index contributed by atoms with van der Waals surface area (Å²) in [6.07, 6.45) is 2.80. The minimum atomic E-state index is -0.312. The lowest BCUT2D eigenvalue weighted by molar-refractivity contribution is -0.118. The summed E-state index contributed by atoms with van der Waals surface area (Å²) in [4.78, 5) is 17.4. The topological polar surface area (TPSA) is 80.4 Å². The summed E-state index contributed by atoms with van der Waals surface area (Å²) in [5, 5.41) is 12.1. The molecule has 8 heteroatoms. The second-order valence-electron chi connectivity index (χ2n) is 9.24. The lowest BCUT2D eigenvalue weighted by Gasteiger charge is -2.61. The van der Waals surface area contributed by atoms with E-state index >= 15 is 0 Å². The fourth-order valence-electron chi connectivity index (χ4n) is 5.28. The Balaban J connectivity index is 1.25. The molecule has 30 heavy (non-hydrogen) atoms. The van der Waals surface area contributed by atoms with Crippen molar-refractivity contribution < 1.29 is 9.21 Å². The molecule has 6 rings (SSSR count). The van der Waals surface area contributed by atoms with E-state index in [2.05, 4.69) is 36.3 Å². The van der Waals surface area contributed by atoms with Crippen LogP contribution >= 0.6 is 23.4 Å².